The maximum Gasteiger partial charge on any atom is 0.326 e. The van der Waals surface area contributed by atoms with E-state index in [-0.39, 0.29) is 5.69 Å². The molecule has 0 radical (unpaired) electrons. The number of fused-ring (bicyclic) bond motifs is 1. The van der Waals surface area contributed by atoms with E-state index in [9.17, 15) is 4.79 Å². The van der Waals surface area contributed by atoms with Gasteiger partial charge in [0, 0.05) is 17.3 Å². The Kier molecular flexibility index (Phi) is 3.37. The van der Waals surface area contributed by atoms with Crippen LogP contribution in [0.4, 0.5) is 0 Å². The molecule has 1 heterocycles. The molecule has 3 nitrogen and oxygen atoms in total. The topological polar surface area (TPSA) is 37.8 Å². The lowest BCUT2D eigenvalue weighted by Crippen LogP contribution is -2.30. The summed E-state index contributed by atoms with van der Waals surface area (Å²) in [5.74, 6) is 0. The van der Waals surface area contributed by atoms with E-state index in [0.717, 1.165) is 25.7 Å². The fourth-order valence-electron chi connectivity index (χ4n) is 3.48. The highest BCUT2D eigenvalue weighted by Crippen LogP contribution is 2.31. The van der Waals surface area contributed by atoms with E-state index in [1.165, 1.54) is 43.4 Å². The minimum absolute atomic E-state index is 0.0209. The van der Waals surface area contributed by atoms with Gasteiger partial charge in [-0.3, -0.25) is 9.55 Å². The molecule has 0 unspecified atom stereocenters. The van der Waals surface area contributed by atoms with E-state index < -0.39 is 0 Å². The second-order valence-corrected chi connectivity index (χ2v) is 5.96. The SMILES string of the molecule is O=c1[nH]c(=S)c2c(n1C1CCCC1)CCCCC2. The molecule has 2 aliphatic rings. The number of hydrogen-bond acceptors (Lipinski definition) is 2. The maximum atomic E-state index is 12.3. The number of aromatic nitrogens is 2. The van der Waals surface area contributed by atoms with Gasteiger partial charge >= 0.3 is 5.69 Å². The van der Waals surface area contributed by atoms with Crippen molar-refractivity contribution in [3.8, 4) is 0 Å². The van der Waals surface area contributed by atoms with Gasteiger partial charge in [0.25, 0.3) is 0 Å². The van der Waals surface area contributed by atoms with Crippen LogP contribution in [0.25, 0.3) is 0 Å². The molecule has 0 aliphatic heterocycles. The van der Waals surface area contributed by atoms with Crippen molar-refractivity contribution in [3.05, 3.63) is 26.4 Å². The third kappa shape index (κ3) is 2.07. The predicted molar refractivity (Wildman–Crippen MR) is 74.7 cm³/mol. The van der Waals surface area contributed by atoms with Crippen molar-refractivity contribution in [1.82, 2.24) is 9.55 Å². The standard InChI is InChI=1S/C14H20N2OS/c17-14-15-13(18)11-8-2-1-3-9-12(11)16(14)10-6-4-5-7-10/h10H,1-9H2,(H,15,17,18). The second-order valence-electron chi connectivity index (χ2n) is 5.55. The highest BCUT2D eigenvalue weighted by atomic mass is 32.1. The molecule has 1 N–H and O–H groups in total. The number of rotatable bonds is 1. The fourth-order valence-corrected chi connectivity index (χ4v) is 3.79. The average molecular weight is 264 g/mol. The summed E-state index contributed by atoms with van der Waals surface area (Å²) in [6.07, 6.45) is 10.5. The Morgan fingerprint density at radius 1 is 1.06 bits per heavy atom. The lowest BCUT2D eigenvalue weighted by Gasteiger charge is -2.20. The summed E-state index contributed by atoms with van der Waals surface area (Å²) in [6.45, 7) is 0. The molecule has 1 saturated carbocycles. The summed E-state index contributed by atoms with van der Waals surface area (Å²) >= 11 is 5.35. The summed E-state index contributed by atoms with van der Waals surface area (Å²) in [5.41, 5.74) is 2.51. The summed E-state index contributed by atoms with van der Waals surface area (Å²) in [7, 11) is 0. The van der Waals surface area contributed by atoms with Crippen LogP contribution >= 0.6 is 12.2 Å². The van der Waals surface area contributed by atoms with E-state index in [0.29, 0.717) is 10.7 Å². The first-order chi connectivity index (χ1) is 8.77. The Labute approximate surface area is 112 Å². The highest BCUT2D eigenvalue weighted by Gasteiger charge is 2.23. The minimum atomic E-state index is 0.0209. The summed E-state index contributed by atoms with van der Waals surface area (Å²) in [5, 5.41) is 0. The molecule has 4 heteroatoms. The molecule has 0 amide bonds. The van der Waals surface area contributed by atoms with Gasteiger partial charge < -0.3 is 0 Å². The Morgan fingerprint density at radius 2 is 1.78 bits per heavy atom. The van der Waals surface area contributed by atoms with Crippen LogP contribution in [-0.2, 0) is 12.8 Å². The summed E-state index contributed by atoms with van der Waals surface area (Å²) in [6, 6.07) is 0.413. The van der Waals surface area contributed by atoms with Crippen molar-refractivity contribution in [2.24, 2.45) is 0 Å². The Bertz CT molecular complexity index is 552. The largest absolute Gasteiger partial charge is 0.326 e. The summed E-state index contributed by atoms with van der Waals surface area (Å²) in [4.78, 5) is 15.1. The average Bonchev–Trinajstić information content (AvgIpc) is 2.73. The molecule has 0 aromatic carbocycles. The van der Waals surface area contributed by atoms with Gasteiger partial charge in [-0.25, -0.2) is 4.79 Å². The Morgan fingerprint density at radius 3 is 2.56 bits per heavy atom. The van der Waals surface area contributed by atoms with Crippen molar-refractivity contribution < 1.29 is 0 Å². The molecule has 98 valence electrons. The van der Waals surface area contributed by atoms with Gasteiger partial charge in [0.05, 0.1) is 0 Å². The molecule has 0 spiro atoms. The minimum Gasteiger partial charge on any atom is -0.298 e. The zero-order chi connectivity index (χ0) is 12.5. The number of nitrogens with one attached hydrogen (secondary N) is 1. The Balaban J connectivity index is 2.17. The van der Waals surface area contributed by atoms with Gasteiger partial charge in [0.1, 0.15) is 4.64 Å². The number of hydrogen-bond donors (Lipinski definition) is 1. The zero-order valence-corrected chi connectivity index (χ0v) is 11.5. The van der Waals surface area contributed by atoms with Gasteiger partial charge in [-0.05, 0) is 38.5 Å². The highest BCUT2D eigenvalue weighted by molar-refractivity contribution is 7.71. The molecule has 1 aromatic rings. The van der Waals surface area contributed by atoms with Gasteiger partial charge in [-0.15, -0.1) is 0 Å². The third-order valence-corrected chi connectivity index (χ3v) is 4.73. The molecule has 0 atom stereocenters. The summed E-state index contributed by atoms with van der Waals surface area (Å²) < 4.78 is 2.73. The van der Waals surface area contributed by atoms with Gasteiger partial charge in [-0.1, -0.05) is 31.5 Å². The first-order valence-electron chi connectivity index (χ1n) is 7.14. The van der Waals surface area contributed by atoms with E-state index in [4.69, 9.17) is 12.2 Å². The van der Waals surface area contributed by atoms with E-state index >= 15 is 0 Å². The van der Waals surface area contributed by atoms with Crippen LogP contribution in [0, 0.1) is 4.64 Å². The van der Waals surface area contributed by atoms with Gasteiger partial charge in [-0.2, -0.15) is 0 Å². The molecule has 0 bridgehead atoms. The third-order valence-electron chi connectivity index (χ3n) is 4.38. The van der Waals surface area contributed by atoms with Crippen LogP contribution < -0.4 is 5.69 Å². The Hall–Kier alpha value is -0.900. The zero-order valence-electron chi connectivity index (χ0n) is 10.7. The molecule has 3 rings (SSSR count). The maximum absolute atomic E-state index is 12.3. The van der Waals surface area contributed by atoms with Crippen LogP contribution in [0.2, 0.25) is 0 Å². The first kappa shape index (κ1) is 12.2. The predicted octanol–water partition coefficient (Wildman–Crippen LogP) is 3.29. The normalized spacial score (nSPS) is 20.7. The molecular weight excluding hydrogens is 244 g/mol. The number of aromatic amines is 1. The van der Waals surface area contributed by atoms with Crippen molar-refractivity contribution >= 4 is 12.2 Å². The van der Waals surface area contributed by atoms with Crippen LogP contribution in [0.5, 0.6) is 0 Å². The van der Waals surface area contributed by atoms with E-state index in [2.05, 4.69) is 4.98 Å². The van der Waals surface area contributed by atoms with Crippen molar-refractivity contribution in [3.63, 3.8) is 0 Å². The molecule has 18 heavy (non-hydrogen) atoms. The smallest absolute Gasteiger partial charge is 0.298 e. The molecule has 2 aliphatic carbocycles. The van der Waals surface area contributed by atoms with Crippen molar-refractivity contribution in [2.45, 2.75) is 63.8 Å². The molecule has 1 fully saturated rings. The fraction of sp³-hybridized carbons (Fsp3) is 0.714. The molecular formula is C14H20N2OS. The van der Waals surface area contributed by atoms with Crippen LogP contribution in [-0.4, -0.2) is 9.55 Å². The van der Waals surface area contributed by atoms with E-state index in [1.807, 2.05) is 4.57 Å². The molecule has 0 saturated heterocycles. The van der Waals surface area contributed by atoms with Crippen LogP contribution in [0.1, 0.15) is 62.2 Å². The number of H-pyrrole nitrogens is 1. The van der Waals surface area contributed by atoms with Crippen molar-refractivity contribution in [1.29, 1.82) is 0 Å². The van der Waals surface area contributed by atoms with Crippen LogP contribution in [0.3, 0.4) is 0 Å². The van der Waals surface area contributed by atoms with Gasteiger partial charge in [0.15, 0.2) is 0 Å². The molecule has 1 aromatic heterocycles. The van der Waals surface area contributed by atoms with E-state index in [1.54, 1.807) is 0 Å². The first-order valence-corrected chi connectivity index (χ1v) is 7.55. The quantitative estimate of drug-likeness (QED) is 0.624. The van der Waals surface area contributed by atoms with Gasteiger partial charge in [0.2, 0.25) is 0 Å². The van der Waals surface area contributed by atoms with Crippen LogP contribution in [0.15, 0.2) is 4.79 Å². The number of nitrogens with zero attached hydrogens (tertiary/aromatic N) is 1. The monoisotopic (exact) mass is 264 g/mol. The lowest BCUT2D eigenvalue weighted by atomic mass is 10.1. The second kappa shape index (κ2) is 5.00. The lowest BCUT2D eigenvalue weighted by molar-refractivity contribution is 0.468. The van der Waals surface area contributed by atoms with Crippen molar-refractivity contribution in [2.75, 3.05) is 0 Å².